The number of nitrogens with zero attached hydrogens (tertiary/aromatic N) is 3. The zero-order valence-corrected chi connectivity index (χ0v) is 12.0. The molecule has 0 aromatic carbocycles. The van der Waals surface area contributed by atoms with E-state index in [9.17, 15) is 0 Å². The lowest BCUT2D eigenvalue weighted by molar-refractivity contribution is 0.229. The zero-order chi connectivity index (χ0) is 13.2. The minimum atomic E-state index is 0.910. The summed E-state index contributed by atoms with van der Waals surface area (Å²) < 4.78 is 0. The Bertz CT molecular complexity index is 191. The molecule has 19 heavy (non-hydrogen) atoms. The molecule has 0 aromatic rings. The summed E-state index contributed by atoms with van der Waals surface area (Å²) in [4.78, 5) is 5.00. The van der Waals surface area contributed by atoms with E-state index < -0.39 is 0 Å². The van der Waals surface area contributed by atoms with Crippen molar-refractivity contribution in [1.82, 2.24) is 31.3 Å². The molecule has 0 aliphatic carbocycles. The van der Waals surface area contributed by atoms with Gasteiger partial charge in [-0.25, -0.2) is 5.43 Å². The van der Waals surface area contributed by atoms with E-state index in [0.717, 1.165) is 45.8 Å². The van der Waals surface area contributed by atoms with Gasteiger partial charge >= 0.3 is 0 Å². The molecule has 0 amide bonds. The van der Waals surface area contributed by atoms with E-state index in [4.69, 9.17) is 0 Å². The summed E-state index contributed by atoms with van der Waals surface area (Å²) in [6.45, 7) is 13.5. The van der Waals surface area contributed by atoms with Crippen LogP contribution in [0.4, 0.5) is 0 Å². The molecule has 0 bridgehead atoms. The van der Waals surface area contributed by atoms with Gasteiger partial charge in [-0.2, -0.15) is 5.43 Å². The summed E-state index contributed by atoms with van der Waals surface area (Å²) in [5.74, 6) is 0. The number of piperazine rings is 2. The van der Waals surface area contributed by atoms with Crippen LogP contribution >= 0.6 is 0 Å². The fourth-order valence-corrected chi connectivity index (χ4v) is 2.60. The van der Waals surface area contributed by atoms with Gasteiger partial charge in [-0.15, -0.1) is 0 Å². The molecule has 0 spiro atoms. The van der Waals surface area contributed by atoms with Gasteiger partial charge in [0.2, 0.25) is 0 Å². The molecule has 0 atom stereocenters. The topological polar surface area (TPSA) is 56.7 Å². The van der Waals surface area contributed by atoms with Crippen molar-refractivity contribution < 1.29 is 0 Å². The predicted molar refractivity (Wildman–Crippen MR) is 78.2 cm³/mol. The first-order chi connectivity index (χ1) is 9.45. The lowest BCUT2D eigenvalue weighted by atomic mass is 10.3. The van der Waals surface area contributed by atoms with E-state index in [2.05, 4.69) is 31.3 Å². The van der Waals surface area contributed by atoms with Gasteiger partial charge in [0, 0.05) is 72.0 Å². The van der Waals surface area contributed by atoms with Gasteiger partial charge in [0.1, 0.15) is 0 Å². The van der Waals surface area contributed by atoms with Gasteiger partial charge in [-0.05, 0) is 13.0 Å². The molecular formula is C13H29N6. The van der Waals surface area contributed by atoms with Crippen LogP contribution in [-0.4, -0.2) is 88.3 Å². The second-order valence-corrected chi connectivity index (χ2v) is 5.33. The molecule has 2 saturated heterocycles. The SMILES string of the molecule is C(CN[N]CCN1CCNCC1)CN1CCNCC1. The van der Waals surface area contributed by atoms with E-state index in [1.54, 1.807) is 0 Å². The van der Waals surface area contributed by atoms with Crippen LogP contribution in [0.5, 0.6) is 0 Å². The highest BCUT2D eigenvalue weighted by molar-refractivity contribution is 4.68. The fourth-order valence-electron chi connectivity index (χ4n) is 2.60. The quantitative estimate of drug-likeness (QED) is 0.362. The van der Waals surface area contributed by atoms with E-state index >= 15 is 0 Å². The Morgan fingerprint density at radius 2 is 1.42 bits per heavy atom. The largest absolute Gasteiger partial charge is 0.314 e. The Morgan fingerprint density at radius 1 is 0.842 bits per heavy atom. The lowest BCUT2D eigenvalue weighted by Gasteiger charge is -2.27. The maximum Gasteiger partial charge on any atom is 0.0431 e. The van der Waals surface area contributed by atoms with E-state index in [1.807, 2.05) is 0 Å². The van der Waals surface area contributed by atoms with Gasteiger partial charge in [0.05, 0.1) is 0 Å². The molecule has 2 heterocycles. The van der Waals surface area contributed by atoms with Crippen molar-refractivity contribution in [2.45, 2.75) is 6.42 Å². The van der Waals surface area contributed by atoms with E-state index in [-0.39, 0.29) is 0 Å². The predicted octanol–water partition coefficient (Wildman–Crippen LogP) is -1.70. The molecule has 1 radical (unpaired) electrons. The van der Waals surface area contributed by atoms with E-state index in [0.29, 0.717) is 0 Å². The Labute approximate surface area is 117 Å². The number of rotatable bonds is 8. The van der Waals surface area contributed by atoms with Gasteiger partial charge in [-0.1, -0.05) is 0 Å². The molecule has 2 aliphatic heterocycles. The Hall–Kier alpha value is -0.240. The fraction of sp³-hybridized carbons (Fsp3) is 1.00. The van der Waals surface area contributed by atoms with Crippen LogP contribution in [0.25, 0.3) is 0 Å². The maximum absolute atomic E-state index is 4.41. The van der Waals surface area contributed by atoms with E-state index in [1.165, 1.54) is 39.1 Å². The summed E-state index contributed by atoms with van der Waals surface area (Å²) in [5.41, 5.74) is 7.61. The van der Waals surface area contributed by atoms with Crippen molar-refractivity contribution in [3.8, 4) is 0 Å². The number of hydrogen-bond acceptors (Lipinski definition) is 5. The second-order valence-electron chi connectivity index (χ2n) is 5.33. The third-order valence-electron chi connectivity index (χ3n) is 3.82. The maximum atomic E-state index is 4.41. The highest BCUT2D eigenvalue weighted by Crippen LogP contribution is 1.93. The smallest absolute Gasteiger partial charge is 0.0431 e. The molecule has 3 N–H and O–H groups in total. The summed E-state index contributed by atoms with van der Waals surface area (Å²) in [6, 6.07) is 0. The molecule has 6 heteroatoms. The minimum Gasteiger partial charge on any atom is -0.314 e. The van der Waals surface area contributed by atoms with Crippen molar-refractivity contribution in [3.63, 3.8) is 0 Å². The van der Waals surface area contributed by atoms with Crippen LogP contribution in [0.15, 0.2) is 0 Å². The van der Waals surface area contributed by atoms with Crippen LogP contribution in [0.3, 0.4) is 0 Å². The normalized spacial score (nSPS) is 22.7. The molecule has 2 rings (SSSR count). The zero-order valence-electron chi connectivity index (χ0n) is 12.0. The average Bonchev–Trinajstić information content (AvgIpc) is 2.48. The molecule has 0 saturated carbocycles. The van der Waals surface area contributed by atoms with Gasteiger partial charge in [0.15, 0.2) is 0 Å². The van der Waals surface area contributed by atoms with Gasteiger partial charge in [-0.3, -0.25) is 4.90 Å². The molecule has 6 nitrogen and oxygen atoms in total. The lowest BCUT2D eigenvalue weighted by Crippen LogP contribution is -2.46. The van der Waals surface area contributed by atoms with Crippen molar-refractivity contribution in [1.29, 1.82) is 0 Å². The number of hydrogen-bond donors (Lipinski definition) is 3. The minimum absolute atomic E-state index is 0.910. The van der Waals surface area contributed by atoms with Gasteiger partial charge < -0.3 is 15.5 Å². The Balaban J connectivity index is 1.35. The molecule has 111 valence electrons. The molecule has 0 aromatic heterocycles. The monoisotopic (exact) mass is 269 g/mol. The van der Waals surface area contributed by atoms with Crippen molar-refractivity contribution >= 4 is 0 Å². The highest BCUT2D eigenvalue weighted by atomic mass is 15.4. The first-order valence-electron chi connectivity index (χ1n) is 7.70. The highest BCUT2D eigenvalue weighted by Gasteiger charge is 2.09. The third kappa shape index (κ3) is 6.65. The molecule has 2 fully saturated rings. The van der Waals surface area contributed by atoms with Crippen LogP contribution < -0.4 is 21.5 Å². The second kappa shape index (κ2) is 9.63. The summed E-state index contributed by atoms with van der Waals surface area (Å²) in [6.07, 6.45) is 1.19. The van der Waals surface area contributed by atoms with Crippen molar-refractivity contribution in [2.75, 3.05) is 78.5 Å². The average molecular weight is 269 g/mol. The molecule has 0 unspecified atom stereocenters. The van der Waals surface area contributed by atoms with Crippen LogP contribution in [0, 0.1) is 0 Å². The standard InChI is InChI=1S/C13H29N6/c1(8-18-9-3-14-4-10-18)2-16-17-7-13-19-11-5-15-6-12-19/h14-16H,1-13H2. The summed E-state index contributed by atoms with van der Waals surface area (Å²) in [5, 5.41) is 6.75. The Kier molecular flexibility index (Phi) is 7.68. The van der Waals surface area contributed by atoms with Crippen molar-refractivity contribution in [2.24, 2.45) is 0 Å². The molecular weight excluding hydrogens is 240 g/mol. The van der Waals surface area contributed by atoms with Gasteiger partial charge in [0.25, 0.3) is 0 Å². The van der Waals surface area contributed by atoms with Crippen molar-refractivity contribution in [3.05, 3.63) is 0 Å². The number of nitrogens with one attached hydrogen (secondary N) is 3. The molecule has 2 aliphatic rings. The van der Waals surface area contributed by atoms with Crippen LogP contribution in [-0.2, 0) is 0 Å². The first-order valence-corrected chi connectivity index (χ1v) is 7.70. The Morgan fingerprint density at radius 3 is 2.05 bits per heavy atom. The van der Waals surface area contributed by atoms with Crippen LogP contribution in [0.2, 0.25) is 0 Å². The third-order valence-corrected chi connectivity index (χ3v) is 3.82. The first kappa shape index (κ1) is 15.2. The summed E-state index contributed by atoms with van der Waals surface area (Å²) in [7, 11) is 0. The summed E-state index contributed by atoms with van der Waals surface area (Å²) >= 11 is 0. The van der Waals surface area contributed by atoms with Crippen LogP contribution in [0.1, 0.15) is 6.42 Å².